The molecule has 0 saturated carbocycles. The lowest BCUT2D eigenvalue weighted by Crippen LogP contribution is -2.14. The third-order valence-electron chi connectivity index (χ3n) is 1.78. The van der Waals surface area contributed by atoms with E-state index < -0.39 is 0 Å². The zero-order valence-corrected chi connectivity index (χ0v) is 7.03. The molecule has 0 spiro atoms. The van der Waals surface area contributed by atoms with E-state index in [1.807, 2.05) is 18.2 Å². The summed E-state index contributed by atoms with van der Waals surface area (Å²) in [7, 11) is 0. The van der Waals surface area contributed by atoms with Gasteiger partial charge in [-0.05, 0) is 0 Å². The van der Waals surface area contributed by atoms with Crippen molar-refractivity contribution in [3.63, 3.8) is 0 Å². The molecule has 0 aromatic heterocycles. The van der Waals surface area contributed by atoms with E-state index >= 15 is 0 Å². The van der Waals surface area contributed by atoms with Crippen molar-refractivity contribution in [3.05, 3.63) is 35.9 Å². The Kier molecular flexibility index (Phi) is 3.00. The van der Waals surface area contributed by atoms with Crippen LogP contribution in [-0.4, -0.2) is 17.5 Å². The van der Waals surface area contributed by atoms with Crippen molar-refractivity contribution >= 4 is 5.78 Å². The second kappa shape index (κ2) is 4.02. The van der Waals surface area contributed by atoms with E-state index in [1.165, 1.54) is 0 Å². The molecule has 1 rings (SSSR count). The summed E-state index contributed by atoms with van der Waals surface area (Å²) in [6.07, 6.45) is 0. The van der Waals surface area contributed by atoms with E-state index in [4.69, 9.17) is 5.11 Å². The topological polar surface area (TPSA) is 37.3 Å². The third-order valence-corrected chi connectivity index (χ3v) is 1.78. The van der Waals surface area contributed by atoms with Crippen LogP contribution in [-0.2, 0) is 0 Å². The maximum Gasteiger partial charge on any atom is 0.167 e. The van der Waals surface area contributed by atoms with Gasteiger partial charge in [-0.25, -0.2) is 0 Å². The van der Waals surface area contributed by atoms with Gasteiger partial charge in [0.25, 0.3) is 0 Å². The molecule has 2 heteroatoms. The normalized spacial score (nSPS) is 12.5. The molecule has 1 N–H and O–H groups in total. The van der Waals surface area contributed by atoms with Crippen LogP contribution in [0, 0.1) is 5.92 Å². The SMILES string of the molecule is CC(CO)C(=O)c1ccccc1. The van der Waals surface area contributed by atoms with Gasteiger partial charge >= 0.3 is 0 Å². The van der Waals surface area contributed by atoms with Gasteiger partial charge in [0.15, 0.2) is 5.78 Å². The van der Waals surface area contributed by atoms with E-state index in [0.29, 0.717) is 5.56 Å². The Labute approximate surface area is 71.8 Å². The van der Waals surface area contributed by atoms with Gasteiger partial charge in [0.1, 0.15) is 0 Å². The van der Waals surface area contributed by atoms with Crippen molar-refractivity contribution in [3.8, 4) is 0 Å². The van der Waals surface area contributed by atoms with Crippen LogP contribution < -0.4 is 0 Å². The van der Waals surface area contributed by atoms with Crippen LogP contribution in [0.4, 0.5) is 0 Å². The highest BCUT2D eigenvalue weighted by atomic mass is 16.3. The van der Waals surface area contributed by atoms with Gasteiger partial charge in [-0.1, -0.05) is 37.3 Å². The van der Waals surface area contributed by atoms with Crippen LogP contribution in [0.1, 0.15) is 17.3 Å². The molecule has 1 unspecified atom stereocenters. The first-order valence-electron chi connectivity index (χ1n) is 3.96. The van der Waals surface area contributed by atoms with Gasteiger partial charge in [0, 0.05) is 11.5 Å². The zero-order chi connectivity index (χ0) is 8.97. The monoisotopic (exact) mass is 164 g/mol. The Morgan fingerprint density at radius 2 is 2.00 bits per heavy atom. The van der Waals surface area contributed by atoms with Gasteiger partial charge < -0.3 is 5.11 Å². The highest BCUT2D eigenvalue weighted by molar-refractivity contribution is 5.97. The van der Waals surface area contributed by atoms with Crippen molar-refractivity contribution in [2.24, 2.45) is 5.92 Å². The van der Waals surface area contributed by atoms with Gasteiger partial charge in [-0.15, -0.1) is 0 Å². The summed E-state index contributed by atoms with van der Waals surface area (Å²) in [6.45, 7) is 1.63. The number of benzene rings is 1. The molecule has 0 amide bonds. The number of hydrogen-bond donors (Lipinski definition) is 1. The maximum absolute atomic E-state index is 11.4. The van der Waals surface area contributed by atoms with E-state index in [9.17, 15) is 4.79 Å². The Hall–Kier alpha value is -1.15. The van der Waals surface area contributed by atoms with Crippen molar-refractivity contribution in [1.82, 2.24) is 0 Å². The molecule has 64 valence electrons. The Bertz CT molecular complexity index is 254. The smallest absolute Gasteiger partial charge is 0.167 e. The van der Waals surface area contributed by atoms with Crippen LogP contribution >= 0.6 is 0 Å². The molecule has 0 radical (unpaired) electrons. The molecule has 0 bridgehead atoms. The fourth-order valence-electron chi connectivity index (χ4n) is 0.970. The van der Waals surface area contributed by atoms with E-state index in [2.05, 4.69) is 0 Å². The van der Waals surface area contributed by atoms with Gasteiger partial charge in [0.05, 0.1) is 6.61 Å². The van der Waals surface area contributed by atoms with Gasteiger partial charge in [-0.2, -0.15) is 0 Å². The van der Waals surface area contributed by atoms with Crippen molar-refractivity contribution in [2.75, 3.05) is 6.61 Å². The quantitative estimate of drug-likeness (QED) is 0.687. The fraction of sp³-hybridized carbons (Fsp3) is 0.300. The Morgan fingerprint density at radius 3 is 2.50 bits per heavy atom. The first kappa shape index (κ1) is 8.94. The molecule has 2 nitrogen and oxygen atoms in total. The first-order chi connectivity index (χ1) is 5.75. The Morgan fingerprint density at radius 1 is 1.42 bits per heavy atom. The number of rotatable bonds is 3. The first-order valence-corrected chi connectivity index (χ1v) is 3.96. The zero-order valence-electron chi connectivity index (χ0n) is 7.03. The summed E-state index contributed by atoms with van der Waals surface area (Å²) in [5, 5.41) is 8.75. The molecule has 0 saturated heterocycles. The lowest BCUT2D eigenvalue weighted by atomic mass is 10.0. The van der Waals surface area contributed by atoms with Crippen molar-refractivity contribution in [2.45, 2.75) is 6.92 Å². The van der Waals surface area contributed by atoms with Gasteiger partial charge in [0.2, 0.25) is 0 Å². The lowest BCUT2D eigenvalue weighted by Gasteiger charge is -2.05. The van der Waals surface area contributed by atoms with Crippen LogP contribution in [0.25, 0.3) is 0 Å². The van der Waals surface area contributed by atoms with Gasteiger partial charge in [-0.3, -0.25) is 4.79 Å². The predicted octanol–water partition coefficient (Wildman–Crippen LogP) is 1.50. The highest BCUT2D eigenvalue weighted by Gasteiger charge is 2.12. The average Bonchev–Trinajstić information content (AvgIpc) is 2.17. The number of carbonyl (C=O) groups excluding carboxylic acids is 1. The second-order valence-electron chi connectivity index (χ2n) is 2.81. The number of hydrogen-bond acceptors (Lipinski definition) is 2. The number of ketones is 1. The van der Waals surface area contributed by atoms with E-state index in [0.717, 1.165) is 0 Å². The van der Waals surface area contributed by atoms with E-state index in [1.54, 1.807) is 19.1 Å². The second-order valence-corrected chi connectivity index (χ2v) is 2.81. The summed E-state index contributed by atoms with van der Waals surface area (Å²) in [4.78, 5) is 11.4. The molecule has 12 heavy (non-hydrogen) atoms. The number of aliphatic hydroxyl groups is 1. The summed E-state index contributed by atoms with van der Waals surface area (Å²) in [6, 6.07) is 9.01. The molecule has 0 aliphatic heterocycles. The van der Waals surface area contributed by atoms with Crippen molar-refractivity contribution in [1.29, 1.82) is 0 Å². The fourth-order valence-corrected chi connectivity index (χ4v) is 0.970. The van der Waals surface area contributed by atoms with Crippen LogP contribution in [0.5, 0.6) is 0 Å². The predicted molar refractivity (Wildman–Crippen MR) is 47.0 cm³/mol. The minimum atomic E-state index is -0.299. The standard InChI is InChI=1S/C10H12O2/c1-8(7-11)10(12)9-5-3-2-4-6-9/h2-6,8,11H,7H2,1H3. The summed E-state index contributed by atoms with van der Waals surface area (Å²) < 4.78 is 0. The molecule has 1 aromatic rings. The number of aliphatic hydroxyl groups excluding tert-OH is 1. The van der Waals surface area contributed by atoms with Crippen LogP contribution in [0.2, 0.25) is 0 Å². The molecule has 0 aliphatic rings. The largest absolute Gasteiger partial charge is 0.396 e. The van der Waals surface area contributed by atoms with E-state index in [-0.39, 0.29) is 18.3 Å². The number of Topliss-reactive ketones (excluding diaryl/α,β-unsaturated/α-hetero) is 1. The minimum Gasteiger partial charge on any atom is -0.396 e. The molecule has 1 aromatic carbocycles. The lowest BCUT2D eigenvalue weighted by molar-refractivity contribution is 0.0877. The van der Waals surface area contributed by atoms with Crippen molar-refractivity contribution < 1.29 is 9.90 Å². The summed E-state index contributed by atoms with van der Waals surface area (Å²) >= 11 is 0. The molecule has 0 heterocycles. The molecule has 1 atom stereocenters. The third kappa shape index (κ3) is 1.92. The average molecular weight is 164 g/mol. The Balaban J connectivity index is 2.79. The molecule has 0 aliphatic carbocycles. The van der Waals surface area contributed by atoms with Crippen LogP contribution in [0.15, 0.2) is 30.3 Å². The molecular weight excluding hydrogens is 152 g/mol. The highest BCUT2D eigenvalue weighted by Crippen LogP contribution is 2.07. The molecule has 0 fully saturated rings. The summed E-state index contributed by atoms with van der Waals surface area (Å²) in [5.41, 5.74) is 0.666. The molecular formula is C10H12O2. The maximum atomic E-state index is 11.4. The minimum absolute atomic E-state index is 0.00176. The van der Waals surface area contributed by atoms with Crippen LogP contribution in [0.3, 0.4) is 0 Å². The summed E-state index contributed by atoms with van der Waals surface area (Å²) in [5.74, 6) is -0.300. The number of carbonyl (C=O) groups is 1.